The summed E-state index contributed by atoms with van der Waals surface area (Å²) in [6.45, 7) is -0.203. The molecule has 0 saturated carbocycles. The molecule has 0 amide bonds. The van der Waals surface area contributed by atoms with Crippen LogP contribution in [0.5, 0.6) is 0 Å². The molecule has 0 radical (unpaired) electrons. The van der Waals surface area contributed by atoms with Gasteiger partial charge in [-0.05, 0) is 6.07 Å². The lowest BCUT2D eigenvalue weighted by Crippen LogP contribution is -2.23. The van der Waals surface area contributed by atoms with Gasteiger partial charge in [-0.1, -0.05) is 0 Å². The summed E-state index contributed by atoms with van der Waals surface area (Å²) in [4.78, 5) is 31.4. The number of nitro benzene ring substituents is 2. The van der Waals surface area contributed by atoms with Crippen LogP contribution in [0.15, 0.2) is 18.2 Å². The van der Waals surface area contributed by atoms with E-state index in [9.17, 15) is 25.0 Å². The van der Waals surface area contributed by atoms with E-state index >= 15 is 0 Å². The molecular formula is C10H11N3O6. The number of nitrogens with two attached hydrogens (primary N) is 1. The molecule has 1 rings (SSSR count). The first-order chi connectivity index (χ1) is 8.92. The van der Waals surface area contributed by atoms with Crippen molar-refractivity contribution in [3.63, 3.8) is 0 Å². The lowest BCUT2D eigenvalue weighted by Gasteiger charge is -2.12. The first kappa shape index (κ1) is 14.5. The molecule has 0 aliphatic heterocycles. The van der Waals surface area contributed by atoms with Crippen LogP contribution in [-0.2, 0) is 9.53 Å². The Morgan fingerprint density at radius 1 is 1.37 bits per heavy atom. The van der Waals surface area contributed by atoms with Crippen LogP contribution in [0.25, 0.3) is 0 Å². The molecule has 0 fully saturated rings. The van der Waals surface area contributed by atoms with Gasteiger partial charge in [0.15, 0.2) is 0 Å². The highest BCUT2D eigenvalue weighted by Gasteiger charge is 2.29. The molecule has 1 aromatic rings. The van der Waals surface area contributed by atoms with E-state index in [1.807, 2.05) is 0 Å². The van der Waals surface area contributed by atoms with Gasteiger partial charge in [-0.15, -0.1) is 0 Å². The van der Waals surface area contributed by atoms with Crippen LogP contribution in [0.2, 0.25) is 0 Å². The first-order valence-electron chi connectivity index (χ1n) is 5.13. The Kier molecular flexibility index (Phi) is 4.48. The number of esters is 1. The van der Waals surface area contributed by atoms with Crippen molar-refractivity contribution in [2.24, 2.45) is 5.73 Å². The van der Waals surface area contributed by atoms with Crippen LogP contribution < -0.4 is 5.73 Å². The zero-order valence-electron chi connectivity index (χ0n) is 9.94. The Morgan fingerprint density at radius 2 is 2.00 bits per heavy atom. The molecule has 2 N–H and O–H groups in total. The molecule has 102 valence electrons. The molecule has 9 heteroatoms. The monoisotopic (exact) mass is 269 g/mol. The average Bonchev–Trinajstić information content (AvgIpc) is 2.39. The zero-order valence-corrected chi connectivity index (χ0v) is 9.94. The minimum Gasteiger partial charge on any atom is -0.469 e. The fourth-order valence-corrected chi connectivity index (χ4v) is 1.59. The number of carbonyl (C=O) groups is 1. The summed E-state index contributed by atoms with van der Waals surface area (Å²) >= 11 is 0. The maximum absolute atomic E-state index is 11.5. The second-order valence-corrected chi connectivity index (χ2v) is 3.57. The van der Waals surface area contributed by atoms with Gasteiger partial charge >= 0.3 is 5.97 Å². The van der Waals surface area contributed by atoms with Gasteiger partial charge in [-0.2, -0.15) is 0 Å². The number of carbonyl (C=O) groups excluding carboxylic acids is 1. The zero-order chi connectivity index (χ0) is 14.6. The molecule has 1 aromatic carbocycles. The highest BCUT2D eigenvalue weighted by molar-refractivity contribution is 5.80. The van der Waals surface area contributed by atoms with Crippen molar-refractivity contribution >= 4 is 17.3 Å². The summed E-state index contributed by atoms with van der Waals surface area (Å²) < 4.78 is 4.49. The van der Waals surface area contributed by atoms with Crippen LogP contribution in [0.3, 0.4) is 0 Å². The number of non-ortho nitro benzene ring substituents is 1. The maximum atomic E-state index is 11.5. The number of methoxy groups -OCH3 is 1. The standard InChI is InChI=1S/C10H11N3O6/c1-19-10(14)8(5-11)7-3-2-6(12(15)16)4-9(7)13(17)18/h2-4,8H,5,11H2,1H3. The third kappa shape index (κ3) is 3.01. The SMILES string of the molecule is COC(=O)C(CN)c1ccc([N+](=O)[O-])cc1[N+](=O)[O-]. The number of nitrogens with zero attached hydrogens (tertiary/aromatic N) is 2. The number of rotatable bonds is 5. The summed E-state index contributed by atoms with van der Waals surface area (Å²) in [7, 11) is 1.13. The minimum atomic E-state index is -1.04. The molecule has 0 heterocycles. The topological polar surface area (TPSA) is 139 Å². The quantitative estimate of drug-likeness (QED) is 0.471. The minimum absolute atomic E-state index is 0.00931. The van der Waals surface area contributed by atoms with Gasteiger partial charge in [0, 0.05) is 18.2 Å². The summed E-state index contributed by atoms with van der Waals surface area (Å²) in [5, 5.41) is 21.5. The number of benzene rings is 1. The van der Waals surface area contributed by atoms with Crippen LogP contribution in [0.4, 0.5) is 11.4 Å². The van der Waals surface area contributed by atoms with Gasteiger partial charge in [-0.3, -0.25) is 25.0 Å². The van der Waals surface area contributed by atoms with E-state index in [1.54, 1.807) is 0 Å². The molecule has 0 aromatic heterocycles. The van der Waals surface area contributed by atoms with Crippen molar-refractivity contribution in [1.29, 1.82) is 0 Å². The number of hydrogen-bond acceptors (Lipinski definition) is 7. The number of nitro groups is 2. The summed E-state index contributed by atoms with van der Waals surface area (Å²) in [5.74, 6) is -1.77. The Bertz CT molecular complexity index is 530. The lowest BCUT2D eigenvalue weighted by atomic mass is 9.97. The van der Waals surface area contributed by atoms with Crippen molar-refractivity contribution in [2.45, 2.75) is 5.92 Å². The van der Waals surface area contributed by atoms with Crippen LogP contribution >= 0.6 is 0 Å². The smallest absolute Gasteiger partial charge is 0.314 e. The number of hydrogen-bond donors (Lipinski definition) is 1. The van der Waals surface area contributed by atoms with Crippen LogP contribution in [0.1, 0.15) is 11.5 Å². The molecule has 0 saturated heterocycles. The summed E-state index contributed by atoms with van der Waals surface area (Å²) in [6, 6.07) is 3.01. The van der Waals surface area contributed by atoms with E-state index < -0.39 is 33.1 Å². The highest BCUT2D eigenvalue weighted by atomic mass is 16.6. The van der Waals surface area contributed by atoms with E-state index in [-0.39, 0.29) is 12.1 Å². The molecule has 0 aliphatic carbocycles. The molecule has 0 aliphatic rings. The predicted octanol–water partition coefficient (Wildman–Crippen LogP) is 0.718. The molecule has 19 heavy (non-hydrogen) atoms. The molecular weight excluding hydrogens is 258 g/mol. The molecule has 0 spiro atoms. The maximum Gasteiger partial charge on any atom is 0.314 e. The van der Waals surface area contributed by atoms with Gasteiger partial charge in [0.25, 0.3) is 11.4 Å². The van der Waals surface area contributed by atoms with Crippen LogP contribution in [-0.4, -0.2) is 29.5 Å². The van der Waals surface area contributed by atoms with Crippen molar-refractivity contribution in [3.05, 3.63) is 44.0 Å². The van der Waals surface area contributed by atoms with Gasteiger partial charge in [0.05, 0.1) is 23.0 Å². The van der Waals surface area contributed by atoms with E-state index in [4.69, 9.17) is 5.73 Å². The Balaban J connectivity index is 3.37. The van der Waals surface area contributed by atoms with Crippen molar-refractivity contribution in [3.8, 4) is 0 Å². The Morgan fingerprint density at radius 3 is 2.42 bits per heavy atom. The fourth-order valence-electron chi connectivity index (χ4n) is 1.59. The fraction of sp³-hybridized carbons (Fsp3) is 0.300. The van der Waals surface area contributed by atoms with E-state index in [1.165, 1.54) is 0 Å². The van der Waals surface area contributed by atoms with Crippen molar-refractivity contribution in [1.82, 2.24) is 0 Å². The van der Waals surface area contributed by atoms with E-state index in [0.29, 0.717) is 0 Å². The van der Waals surface area contributed by atoms with Crippen LogP contribution in [0, 0.1) is 20.2 Å². The highest BCUT2D eigenvalue weighted by Crippen LogP contribution is 2.30. The summed E-state index contributed by atoms with van der Waals surface area (Å²) in [5.41, 5.74) is 4.42. The van der Waals surface area contributed by atoms with Gasteiger partial charge < -0.3 is 10.5 Å². The van der Waals surface area contributed by atoms with E-state index in [0.717, 1.165) is 25.3 Å². The normalized spacial score (nSPS) is 11.7. The molecule has 1 atom stereocenters. The Hall–Kier alpha value is -2.55. The Labute approximate surface area is 107 Å². The van der Waals surface area contributed by atoms with Gasteiger partial charge in [-0.25, -0.2) is 0 Å². The second-order valence-electron chi connectivity index (χ2n) is 3.57. The van der Waals surface area contributed by atoms with Crippen molar-refractivity contribution < 1.29 is 19.4 Å². The average molecular weight is 269 g/mol. The molecule has 1 unspecified atom stereocenters. The third-order valence-corrected chi connectivity index (χ3v) is 2.52. The van der Waals surface area contributed by atoms with E-state index in [2.05, 4.69) is 4.74 Å². The van der Waals surface area contributed by atoms with Gasteiger partial charge in [0.2, 0.25) is 0 Å². The lowest BCUT2D eigenvalue weighted by molar-refractivity contribution is -0.394. The summed E-state index contributed by atoms with van der Waals surface area (Å²) in [6.07, 6.45) is 0. The van der Waals surface area contributed by atoms with Crippen molar-refractivity contribution in [2.75, 3.05) is 13.7 Å². The largest absolute Gasteiger partial charge is 0.469 e. The third-order valence-electron chi connectivity index (χ3n) is 2.52. The first-order valence-corrected chi connectivity index (χ1v) is 5.13. The molecule has 0 bridgehead atoms. The number of ether oxygens (including phenoxy) is 1. The predicted molar refractivity (Wildman–Crippen MR) is 63.6 cm³/mol. The molecule has 9 nitrogen and oxygen atoms in total. The second kappa shape index (κ2) is 5.87. The van der Waals surface area contributed by atoms with Gasteiger partial charge in [0.1, 0.15) is 5.92 Å².